The molecule has 4 heterocycles. The molecule has 0 aliphatic heterocycles. The van der Waals surface area contributed by atoms with Gasteiger partial charge >= 0.3 is 5.69 Å². The molecule has 0 aliphatic carbocycles. The Morgan fingerprint density at radius 1 is 1.09 bits per heavy atom. The molecule has 0 unspecified atom stereocenters. The van der Waals surface area contributed by atoms with Crippen molar-refractivity contribution in [3.8, 4) is 22.6 Å². The fraction of sp³-hybridized carbons (Fsp3) is 0.250. The number of ether oxygens (including phenoxy) is 2. The van der Waals surface area contributed by atoms with Crippen molar-refractivity contribution < 1.29 is 9.47 Å². The van der Waals surface area contributed by atoms with Crippen molar-refractivity contribution in [2.75, 3.05) is 13.7 Å². The Kier molecular flexibility index (Phi) is 5.59. The van der Waals surface area contributed by atoms with Gasteiger partial charge in [-0.2, -0.15) is 5.10 Å². The number of aryl methyl sites for hydroxylation is 2. The van der Waals surface area contributed by atoms with Gasteiger partial charge in [0.2, 0.25) is 0 Å². The van der Waals surface area contributed by atoms with Gasteiger partial charge in [0.15, 0.2) is 5.15 Å². The van der Waals surface area contributed by atoms with Gasteiger partial charge in [-0.25, -0.2) is 4.79 Å². The third-order valence-electron chi connectivity index (χ3n) is 5.82. The first kappa shape index (κ1) is 22.1. The highest BCUT2D eigenvalue weighted by Gasteiger charge is 2.20. The smallest absolute Gasteiger partial charge is 0.333 e. The summed E-state index contributed by atoms with van der Waals surface area (Å²) < 4.78 is 15.8. The predicted octanol–water partition coefficient (Wildman–Crippen LogP) is 3.87. The van der Waals surface area contributed by atoms with Gasteiger partial charge in [-0.3, -0.25) is 23.8 Å². The lowest BCUT2D eigenvalue weighted by Gasteiger charge is -2.11. The Morgan fingerprint density at radius 3 is 2.62 bits per heavy atom. The van der Waals surface area contributed by atoms with Gasteiger partial charge in [0.25, 0.3) is 0 Å². The molecule has 0 aliphatic rings. The topological polar surface area (TPSA) is 89.0 Å². The zero-order valence-corrected chi connectivity index (χ0v) is 20.0. The Labute approximate surface area is 200 Å². The summed E-state index contributed by atoms with van der Waals surface area (Å²) in [7, 11) is 5.10. The van der Waals surface area contributed by atoms with Gasteiger partial charge in [0, 0.05) is 37.8 Å². The molecule has 5 rings (SSSR count). The molecule has 0 bridgehead atoms. The molecular formula is C24H23ClN6O3. The normalized spacial score (nSPS) is 11.6. The quantitative estimate of drug-likeness (QED) is 0.368. The molecule has 34 heavy (non-hydrogen) atoms. The first-order valence-electron chi connectivity index (χ1n) is 10.7. The van der Waals surface area contributed by atoms with Crippen LogP contribution in [-0.4, -0.2) is 42.6 Å². The van der Waals surface area contributed by atoms with Gasteiger partial charge in [-0.1, -0.05) is 17.7 Å². The van der Waals surface area contributed by atoms with Crippen molar-refractivity contribution in [1.29, 1.82) is 0 Å². The van der Waals surface area contributed by atoms with Crippen LogP contribution in [0, 0.1) is 0 Å². The van der Waals surface area contributed by atoms with Crippen LogP contribution < -0.4 is 10.4 Å². The van der Waals surface area contributed by atoms with E-state index in [0.29, 0.717) is 35.7 Å². The van der Waals surface area contributed by atoms with E-state index < -0.39 is 0 Å². The fourth-order valence-electron chi connectivity index (χ4n) is 4.11. The van der Waals surface area contributed by atoms with Crippen molar-refractivity contribution in [2.24, 2.45) is 14.1 Å². The molecule has 0 spiro atoms. The maximum absolute atomic E-state index is 13.2. The summed E-state index contributed by atoms with van der Waals surface area (Å²) in [6.07, 6.45) is 5.22. The number of fused-ring (bicyclic) bond motifs is 3. The van der Waals surface area contributed by atoms with Crippen molar-refractivity contribution in [3.63, 3.8) is 0 Å². The number of hydrogen-bond acceptors (Lipinski definition) is 6. The number of methoxy groups -OCH3 is 1. The molecule has 5 aromatic rings. The molecular weight excluding hydrogens is 456 g/mol. The average molecular weight is 479 g/mol. The van der Waals surface area contributed by atoms with E-state index in [9.17, 15) is 4.79 Å². The van der Waals surface area contributed by atoms with E-state index in [1.807, 2.05) is 31.2 Å². The van der Waals surface area contributed by atoms with Crippen LogP contribution in [0.25, 0.3) is 38.8 Å². The minimum Gasteiger partial charge on any atom is -0.495 e. The summed E-state index contributed by atoms with van der Waals surface area (Å²) in [6.45, 7) is 2.91. The molecule has 0 atom stereocenters. The van der Waals surface area contributed by atoms with Gasteiger partial charge in [-0.15, -0.1) is 0 Å². The van der Waals surface area contributed by atoms with Gasteiger partial charge in [-0.05, 0) is 30.7 Å². The van der Waals surface area contributed by atoms with E-state index in [1.54, 1.807) is 53.6 Å². The van der Waals surface area contributed by atoms with Crippen LogP contribution >= 0.6 is 11.6 Å². The second-order valence-corrected chi connectivity index (χ2v) is 8.25. The second-order valence-electron chi connectivity index (χ2n) is 7.89. The third kappa shape index (κ3) is 3.53. The van der Waals surface area contributed by atoms with Crippen LogP contribution in [-0.2, 0) is 25.4 Å². The Bertz CT molecular complexity index is 1600. The van der Waals surface area contributed by atoms with Crippen molar-refractivity contribution in [3.05, 3.63) is 64.2 Å². The first-order valence-corrected chi connectivity index (χ1v) is 11.1. The van der Waals surface area contributed by atoms with Gasteiger partial charge < -0.3 is 9.47 Å². The molecule has 9 nitrogen and oxygen atoms in total. The Hall–Kier alpha value is -3.69. The molecule has 0 N–H and O–H groups in total. The van der Waals surface area contributed by atoms with E-state index in [4.69, 9.17) is 21.1 Å². The maximum atomic E-state index is 13.2. The maximum Gasteiger partial charge on any atom is 0.333 e. The van der Waals surface area contributed by atoms with E-state index >= 15 is 0 Å². The number of nitrogens with zero attached hydrogens (tertiary/aromatic N) is 6. The molecule has 0 amide bonds. The van der Waals surface area contributed by atoms with Gasteiger partial charge in [0.05, 0.1) is 42.7 Å². The van der Waals surface area contributed by atoms with E-state index in [1.165, 1.54) is 0 Å². The summed E-state index contributed by atoms with van der Waals surface area (Å²) in [6, 6.07) is 7.84. The number of pyridine rings is 2. The van der Waals surface area contributed by atoms with Crippen LogP contribution in [0.1, 0.15) is 12.6 Å². The van der Waals surface area contributed by atoms with Crippen molar-refractivity contribution in [1.82, 2.24) is 28.9 Å². The van der Waals surface area contributed by atoms with Crippen LogP contribution in [0.3, 0.4) is 0 Å². The third-order valence-corrected chi connectivity index (χ3v) is 6.09. The highest BCUT2D eigenvalue weighted by atomic mass is 35.5. The zero-order chi connectivity index (χ0) is 24.0. The Balaban J connectivity index is 1.75. The minimum atomic E-state index is -0.229. The van der Waals surface area contributed by atoms with Crippen molar-refractivity contribution in [2.45, 2.75) is 13.5 Å². The fourth-order valence-corrected chi connectivity index (χ4v) is 4.37. The molecule has 1 aromatic carbocycles. The molecule has 10 heteroatoms. The van der Waals surface area contributed by atoms with Crippen molar-refractivity contribution >= 4 is 33.5 Å². The summed E-state index contributed by atoms with van der Waals surface area (Å²) in [4.78, 5) is 22.3. The van der Waals surface area contributed by atoms with E-state index in [-0.39, 0.29) is 10.8 Å². The zero-order valence-electron chi connectivity index (χ0n) is 19.2. The summed E-state index contributed by atoms with van der Waals surface area (Å²) >= 11 is 6.37. The van der Waals surface area contributed by atoms with Gasteiger partial charge in [0.1, 0.15) is 17.1 Å². The first-order chi connectivity index (χ1) is 16.4. The lowest BCUT2D eigenvalue weighted by molar-refractivity contribution is 0.129. The predicted molar refractivity (Wildman–Crippen MR) is 131 cm³/mol. The number of halogens is 1. The lowest BCUT2D eigenvalue weighted by Crippen LogP contribution is -2.20. The van der Waals surface area contributed by atoms with Crippen LogP contribution in [0.2, 0.25) is 5.15 Å². The number of imidazole rings is 1. The highest BCUT2D eigenvalue weighted by molar-refractivity contribution is 6.31. The average Bonchev–Trinajstić information content (AvgIpc) is 3.31. The standard InChI is InChI=1S/C24H23ClN6O3/c1-5-34-13-18-21(33-4)9-15(10-26-18)14-6-7-17-16(8-14)22-19(11-27-17)30(3)24(32)31(22)20-12-29(2)28-23(20)25/h6-12H,5,13H2,1-4H3. The summed E-state index contributed by atoms with van der Waals surface area (Å²) in [5.41, 5.74) is 4.97. The summed E-state index contributed by atoms with van der Waals surface area (Å²) in [5.74, 6) is 0.654. The van der Waals surface area contributed by atoms with Crippen LogP contribution in [0.5, 0.6) is 5.75 Å². The van der Waals surface area contributed by atoms with E-state index in [2.05, 4.69) is 15.1 Å². The van der Waals surface area contributed by atoms with Crippen LogP contribution in [0.4, 0.5) is 0 Å². The largest absolute Gasteiger partial charge is 0.495 e. The highest BCUT2D eigenvalue weighted by Crippen LogP contribution is 2.32. The molecule has 0 radical (unpaired) electrons. The molecule has 0 saturated heterocycles. The SMILES string of the molecule is CCOCc1ncc(-c2ccc3ncc4c(c3c2)n(-c2cn(C)nc2Cl)c(=O)n4C)cc1OC. The number of rotatable bonds is 6. The second kappa shape index (κ2) is 8.58. The Morgan fingerprint density at radius 2 is 1.91 bits per heavy atom. The molecule has 4 aromatic heterocycles. The summed E-state index contributed by atoms with van der Waals surface area (Å²) in [5, 5.41) is 5.26. The minimum absolute atomic E-state index is 0.229. The van der Waals surface area contributed by atoms with E-state index in [0.717, 1.165) is 27.7 Å². The number of benzene rings is 1. The number of hydrogen-bond donors (Lipinski definition) is 0. The molecule has 0 fully saturated rings. The number of aromatic nitrogens is 6. The molecule has 0 saturated carbocycles. The monoisotopic (exact) mass is 478 g/mol. The van der Waals surface area contributed by atoms with Crippen LogP contribution in [0.15, 0.2) is 47.7 Å². The lowest BCUT2D eigenvalue weighted by atomic mass is 10.0. The molecule has 174 valence electrons.